The second-order valence-electron chi connectivity index (χ2n) is 6.16. The summed E-state index contributed by atoms with van der Waals surface area (Å²) in [6, 6.07) is 5.06. The predicted octanol–water partition coefficient (Wildman–Crippen LogP) is 3.94. The number of halogens is 4. The van der Waals surface area contributed by atoms with E-state index in [0.29, 0.717) is 23.7 Å². The lowest BCUT2D eigenvalue weighted by atomic mass is 9.97. The van der Waals surface area contributed by atoms with E-state index < -0.39 is 23.3 Å². The fourth-order valence-corrected chi connectivity index (χ4v) is 4.27. The van der Waals surface area contributed by atoms with Crippen molar-refractivity contribution in [2.45, 2.75) is 35.6 Å². The minimum Gasteiger partial charge on any atom is -0.342 e. The van der Waals surface area contributed by atoms with Crippen LogP contribution < -0.4 is 5.32 Å². The molecular weight excluding hydrogens is 377 g/mol. The maximum Gasteiger partial charge on any atom is 0.393 e. The van der Waals surface area contributed by atoms with Crippen molar-refractivity contribution in [2.75, 3.05) is 18.4 Å². The highest BCUT2D eigenvalue weighted by molar-refractivity contribution is 8.01. The standard InChI is InChI=1S/C16H16ClF3N2O2S/c17-10-3-4-12-11(6-10)21-15(24)13(25-12)7-14(23)22-5-1-2-9(8-22)16(18,19)20/h3-4,6,9,13H,1-2,5,7-8H2,(H,21,24)/t9-,13+/m0/s1. The van der Waals surface area contributed by atoms with Crippen LogP contribution in [0.25, 0.3) is 0 Å². The lowest BCUT2D eigenvalue weighted by molar-refractivity contribution is -0.188. The van der Waals surface area contributed by atoms with Gasteiger partial charge in [0, 0.05) is 29.4 Å². The van der Waals surface area contributed by atoms with Crippen molar-refractivity contribution in [2.24, 2.45) is 5.92 Å². The molecule has 2 aliphatic rings. The van der Waals surface area contributed by atoms with Gasteiger partial charge in [-0.15, -0.1) is 11.8 Å². The Morgan fingerprint density at radius 2 is 2.16 bits per heavy atom. The SMILES string of the molecule is O=C1Nc2cc(Cl)ccc2S[C@@H]1CC(=O)N1CCC[C@H](C(F)(F)F)C1. The largest absolute Gasteiger partial charge is 0.393 e. The maximum absolute atomic E-state index is 12.9. The van der Waals surface area contributed by atoms with Gasteiger partial charge in [0.15, 0.2) is 0 Å². The topological polar surface area (TPSA) is 49.4 Å². The van der Waals surface area contributed by atoms with Crippen molar-refractivity contribution in [3.8, 4) is 0 Å². The van der Waals surface area contributed by atoms with Crippen LogP contribution in [0.4, 0.5) is 18.9 Å². The molecule has 0 aromatic heterocycles. The summed E-state index contributed by atoms with van der Waals surface area (Å²) in [6.45, 7) is -0.0237. The number of nitrogens with zero attached hydrogens (tertiary/aromatic N) is 1. The Balaban J connectivity index is 1.65. The zero-order valence-electron chi connectivity index (χ0n) is 13.1. The Labute approximate surface area is 152 Å². The van der Waals surface area contributed by atoms with Crippen molar-refractivity contribution in [1.82, 2.24) is 4.90 Å². The van der Waals surface area contributed by atoms with Gasteiger partial charge in [-0.2, -0.15) is 13.2 Å². The summed E-state index contributed by atoms with van der Waals surface area (Å²) in [5.74, 6) is -2.24. The van der Waals surface area contributed by atoms with Crippen molar-refractivity contribution in [3.05, 3.63) is 23.2 Å². The molecule has 0 aliphatic carbocycles. The third-order valence-corrected chi connectivity index (χ3v) is 5.87. The van der Waals surface area contributed by atoms with Gasteiger partial charge in [0.05, 0.1) is 16.9 Å². The second-order valence-corrected chi connectivity index (χ2v) is 7.84. The quantitative estimate of drug-likeness (QED) is 0.829. The number of carbonyl (C=O) groups is 2. The third kappa shape index (κ3) is 4.23. The molecule has 136 valence electrons. The highest BCUT2D eigenvalue weighted by Gasteiger charge is 2.43. The Hall–Kier alpha value is -1.41. The Morgan fingerprint density at radius 3 is 2.88 bits per heavy atom. The smallest absolute Gasteiger partial charge is 0.342 e. The Kier molecular flexibility index (Phi) is 5.20. The van der Waals surface area contributed by atoms with Gasteiger partial charge in [-0.1, -0.05) is 11.6 Å². The third-order valence-electron chi connectivity index (χ3n) is 4.36. The summed E-state index contributed by atoms with van der Waals surface area (Å²) in [5, 5.41) is 2.52. The molecule has 1 saturated heterocycles. The van der Waals surface area contributed by atoms with Crippen LogP contribution in [-0.4, -0.2) is 41.2 Å². The number of benzene rings is 1. The molecule has 4 nitrogen and oxygen atoms in total. The summed E-state index contributed by atoms with van der Waals surface area (Å²) in [7, 11) is 0. The second kappa shape index (κ2) is 7.07. The minimum atomic E-state index is -4.30. The first kappa shape index (κ1) is 18.4. The number of amides is 2. The van der Waals surface area contributed by atoms with E-state index in [1.54, 1.807) is 18.2 Å². The monoisotopic (exact) mass is 392 g/mol. The van der Waals surface area contributed by atoms with E-state index in [1.807, 2.05) is 0 Å². The van der Waals surface area contributed by atoms with Gasteiger partial charge in [0.2, 0.25) is 11.8 Å². The molecule has 1 aromatic rings. The molecule has 0 saturated carbocycles. The fraction of sp³-hybridized carbons (Fsp3) is 0.500. The van der Waals surface area contributed by atoms with Crippen LogP contribution in [0.15, 0.2) is 23.1 Å². The number of hydrogen-bond donors (Lipinski definition) is 1. The van der Waals surface area contributed by atoms with Gasteiger partial charge >= 0.3 is 6.18 Å². The first-order chi connectivity index (χ1) is 11.7. The van der Waals surface area contributed by atoms with E-state index in [1.165, 1.54) is 16.7 Å². The van der Waals surface area contributed by atoms with Crippen LogP contribution in [0, 0.1) is 5.92 Å². The highest BCUT2D eigenvalue weighted by Crippen LogP contribution is 2.39. The molecule has 2 amide bonds. The lowest BCUT2D eigenvalue weighted by Gasteiger charge is -2.34. The lowest BCUT2D eigenvalue weighted by Crippen LogP contribution is -2.46. The zero-order chi connectivity index (χ0) is 18.2. The van der Waals surface area contributed by atoms with Crippen molar-refractivity contribution >= 4 is 40.9 Å². The maximum atomic E-state index is 12.9. The number of likely N-dealkylation sites (tertiary alicyclic amines) is 1. The average Bonchev–Trinajstić information content (AvgIpc) is 2.55. The van der Waals surface area contributed by atoms with Crippen LogP contribution in [-0.2, 0) is 9.59 Å². The number of anilines is 1. The Bertz CT molecular complexity index is 698. The summed E-state index contributed by atoms with van der Waals surface area (Å²) < 4.78 is 38.6. The molecule has 0 unspecified atom stereocenters. The van der Waals surface area contributed by atoms with Gasteiger partial charge < -0.3 is 10.2 Å². The molecular formula is C16H16ClF3N2O2S. The molecule has 25 heavy (non-hydrogen) atoms. The molecule has 9 heteroatoms. The molecule has 0 spiro atoms. The van der Waals surface area contributed by atoms with Gasteiger partial charge in [-0.25, -0.2) is 0 Å². The number of alkyl halides is 3. The van der Waals surface area contributed by atoms with E-state index in [0.717, 1.165) is 4.90 Å². The number of rotatable bonds is 2. The number of piperidine rings is 1. The average molecular weight is 393 g/mol. The van der Waals surface area contributed by atoms with Crippen LogP contribution in [0.2, 0.25) is 5.02 Å². The number of carbonyl (C=O) groups excluding carboxylic acids is 2. The molecule has 0 radical (unpaired) electrons. The van der Waals surface area contributed by atoms with Crippen molar-refractivity contribution in [3.63, 3.8) is 0 Å². The van der Waals surface area contributed by atoms with E-state index in [9.17, 15) is 22.8 Å². The van der Waals surface area contributed by atoms with Crippen molar-refractivity contribution in [1.29, 1.82) is 0 Å². The molecule has 1 fully saturated rings. The molecule has 1 N–H and O–H groups in total. The summed E-state index contributed by atoms with van der Waals surface area (Å²) >= 11 is 7.12. The van der Waals surface area contributed by atoms with Gasteiger partial charge in [-0.05, 0) is 31.0 Å². The van der Waals surface area contributed by atoms with E-state index in [4.69, 9.17) is 11.6 Å². The van der Waals surface area contributed by atoms with E-state index in [-0.39, 0.29) is 25.3 Å². The first-order valence-electron chi connectivity index (χ1n) is 7.85. The zero-order valence-corrected chi connectivity index (χ0v) is 14.7. The first-order valence-corrected chi connectivity index (χ1v) is 9.11. The number of nitrogens with one attached hydrogen (secondary N) is 1. The minimum absolute atomic E-state index is 0.0417. The molecule has 2 aliphatic heterocycles. The molecule has 2 atom stereocenters. The van der Waals surface area contributed by atoms with Gasteiger partial charge in [0.1, 0.15) is 0 Å². The predicted molar refractivity (Wildman–Crippen MR) is 89.7 cm³/mol. The summed E-state index contributed by atoms with van der Waals surface area (Å²) in [5.41, 5.74) is 0.585. The van der Waals surface area contributed by atoms with E-state index in [2.05, 4.69) is 5.32 Å². The highest BCUT2D eigenvalue weighted by atomic mass is 35.5. The van der Waals surface area contributed by atoms with Crippen LogP contribution in [0.1, 0.15) is 19.3 Å². The van der Waals surface area contributed by atoms with Crippen molar-refractivity contribution < 1.29 is 22.8 Å². The van der Waals surface area contributed by atoms with E-state index >= 15 is 0 Å². The Morgan fingerprint density at radius 1 is 1.40 bits per heavy atom. The van der Waals surface area contributed by atoms with Gasteiger partial charge in [0.25, 0.3) is 0 Å². The fourth-order valence-electron chi connectivity index (χ4n) is 3.02. The number of fused-ring (bicyclic) bond motifs is 1. The molecule has 3 rings (SSSR count). The van der Waals surface area contributed by atoms with Crippen LogP contribution >= 0.6 is 23.4 Å². The summed E-state index contributed by atoms with van der Waals surface area (Å²) in [6.07, 6.45) is -4.06. The molecule has 1 aromatic carbocycles. The van der Waals surface area contributed by atoms with Crippen LogP contribution in [0.5, 0.6) is 0 Å². The van der Waals surface area contributed by atoms with Gasteiger partial charge in [-0.3, -0.25) is 9.59 Å². The number of hydrogen-bond acceptors (Lipinski definition) is 3. The molecule has 0 bridgehead atoms. The number of thioether (sulfide) groups is 1. The van der Waals surface area contributed by atoms with Crippen LogP contribution in [0.3, 0.4) is 0 Å². The molecule has 2 heterocycles. The normalized spacial score (nSPS) is 23.8. The summed E-state index contributed by atoms with van der Waals surface area (Å²) in [4.78, 5) is 26.6.